The zero-order valence-corrected chi connectivity index (χ0v) is 17.4. The van der Waals surface area contributed by atoms with Gasteiger partial charge in [-0.1, -0.05) is 48.5 Å². The highest BCUT2D eigenvalue weighted by Crippen LogP contribution is 2.24. The van der Waals surface area contributed by atoms with Gasteiger partial charge in [-0.05, 0) is 25.5 Å². The van der Waals surface area contributed by atoms with Crippen LogP contribution in [0.25, 0.3) is 17.1 Å². The molecule has 4 aromatic rings. The Morgan fingerprint density at radius 3 is 2.57 bits per heavy atom. The maximum absolute atomic E-state index is 4.84. The van der Waals surface area contributed by atoms with Crippen LogP contribution in [0, 0.1) is 13.8 Å². The summed E-state index contributed by atoms with van der Waals surface area (Å²) in [4.78, 5) is 11.9. The second-order valence-electron chi connectivity index (χ2n) is 7.95. The summed E-state index contributed by atoms with van der Waals surface area (Å²) >= 11 is 0. The molecule has 30 heavy (non-hydrogen) atoms. The first-order valence-corrected chi connectivity index (χ1v) is 10.4. The average Bonchev–Trinajstić information content (AvgIpc) is 3.14. The molecule has 1 aliphatic heterocycles. The SMILES string of the molecule is Cc1ccccc1-n1ncc(CN2CCc3nc(-c4ccccc4)ncc3C2)c1C. The number of aromatic nitrogens is 4. The quantitative estimate of drug-likeness (QED) is 0.510. The molecule has 0 bridgehead atoms. The number of para-hydroxylation sites is 1. The van der Waals surface area contributed by atoms with E-state index in [1.54, 1.807) is 0 Å². The minimum absolute atomic E-state index is 0.818. The van der Waals surface area contributed by atoms with Crippen LogP contribution in [0.2, 0.25) is 0 Å². The molecule has 0 unspecified atom stereocenters. The van der Waals surface area contributed by atoms with Gasteiger partial charge in [0.25, 0.3) is 0 Å². The van der Waals surface area contributed by atoms with Crippen molar-refractivity contribution in [1.82, 2.24) is 24.6 Å². The predicted octanol–water partition coefficient (Wildman–Crippen LogP) is 4.50. The summed E-state index contributed by atoms with van der Waals surface area (Å²) in [6, 6.07) is 18.6. The molecule has 3 heterocycles. The highest BCUT2D eigenvalue weighted by Gasteiger charge is 2.20. The van der Waals surface area contributed by atoms with Gasteiger partial charge in [-0.2, -0.15) is 5.10 Å². The monoisotopic (exact) mass is 395 g/mol. The summed E-state index contributed by atoms with van der Waals surface area (Å²) in [7, 11) is 0. The van der Waals surface area contributed by atoms with Crippen molar-refractivity contribution in [3.8, 4) is 17.1 Å². The molecule has 5 heteroatoms. The molecule has 2 aromatic heterocycles. The van der Waals surface area contributed by atoms with Gasteiger partial charge in [0.05, 0.1) is 17.6 Å². The fourth-order valence-electron chi connectivity index (χ4n) is 4.12. The van der Waals surface area contributed by atoms with Crippen molar-refractivity contribution < 1.29 is 0 Å². The first-order chi connectivity index (χ1) is 14.7. The van der Waals surface area contributed by atoms with Crippen molar-refractivity contribution in [3.63, 3.8) is 0 Å². The van der Waals surface area contributed by atoms with Gasteiger partial charge in [0.2, 0.25) is 0 Å². The van der Waals surface area contributed by atoms with Gasteiger partial charge >= 0.3 is 0 Å². The van der Waals surface area contributed by atoms with Gasteiger partial charge in [-0.3, -0.25) is 4.90 Å². The molecule has 2 aromatic carbocycles. The first-order valence-electron chi connectivity index (χ1n) is 10.4. The lowest BCUT2D eigenvalue weighted by Gasteiger charge is -2.28. The number of nitrogens with zero attached hydrogens (tertiary/aromatic N) is 5. The third kappa shape index (κ3) is 3.53. The van der Waals surface area contributed by atoms with Crippen LogP contribution in [-0.4, -0.2) is 31.2 Å². The largest absolute Gasteiger partial charge is 0.294 e. The number of hydrogen-bond acceptors (Lipinski definition) is 4. The van der Waals surface area contributed by atoms with Gasteiger partial charge < -0.3 is 0 Å². The van der Waals surface area contributed by atoms with Crippen LogP contribution in [0.3, 0.4) is 0 Å². The van der Waals surface area contributed by atoms with Crippen LogP contribution in [0.15, 0.2) is 67.0 Å². The Kier molecular flexibility index (Phi) is 4.89. The lowest BCUT2D eigenvalue weighted by Crippen LogP contribution is -2.31. The van der Waals surface area contributed by atoms with E-state index in [9.17, 15) is 0 Å². The zero-order chi connectivity index (χ0) is 20.5. The van der Waals surface area contributed by atoms with Crippen LogP contribution in [0.1, 0.15) is 28.1 Å². The Labute approximate surface area is 177 Å². The van der Waals surface area contributed by atoms with E-state index in [1.807, 2.05) is 30.6 Å². The Morgan fingerprint density at radius 1 is 0.933 bits per heavy atom. The van der Waals surface area contributed by atoms with Crippen LogP contribution in [-0.2, 0) is 19.5 Å². The molecule has 0 radical (unpaired) electrons. The Bertz CT molecular complexity index is 1180. The van der Waals surface area contributed by atoms with Gasteiger partial charge in [0.1, 0.15) is 0 Å². The summed E-state index contributed by atoms with van der Waals surface area (Å²) < 4.78 is 2.05. The summed E-state index contributed by atoms with van der Waals surface area (Å²) in [6.45, 7) is 7.04. The summed E-state index contributed by atoms with van der Waals surface area (Å²) in [5.74, 6) is 0.818. The van der Waals surface area contributed by atoms with Gasteiger partial charge in [-0.15, -0.1) is 0 Å². The van der Waals surface area contributed by atoms with E-state index in [2.05, 4.69) is 69.9 Å². The van der Waals surface area contributed by atoms with E-state index in [0.717, 1.165) is 43.1 Å². The molecule has 0 saturated carbocycles. The molecule has 0 N–H and O–H groups in total. The topological polar surface area (TPSA) is 46.8 Å². The van der Waals surface area contributed by atoms with E-state index in [0.29, 0.717) is 0 Å². The molecule has 0 aliphatic carbocycles. The summed E-state index contributed by atoms with van der Waals surface area (Å²) in [5, 5.41) is 4.67. The number of rotatable bonds is 4. The molecule has 0 saturated heterocycles. The minimum atomic E-state index is 0.818. The highest BCUT2D eigenvalue weighted by molar-refractivity contribution is 5.54. The lowest BCUT2D eigenvalue weighted by atomic mass is 10.1. The second-order valence-corrected chi connectivity index (χ2v) is 7.95. The summed E-state index contributed by atoms with van der Waals surface area (Å²) in [5.41, 5.74) is 8.31. The number of fused-ring (bicyclic) bond motifs is 1. The van der Waals surface area contributed by atoms with Crippen molar-refractivity contribution in [2.45, 2.75) is 33.4 Å². The third-order valence-corrected chi connectivity index (χ3v) is 5.89. The van der Waals surface area contributed by atoms with Crippen LogP contribution in [0.5, 0.6) is 0 Å². The van der Waals surface area contributed by atoms with Crippen molar-refractivity contribution in [1.29, 1.82) is 0 Å². The maximum atomic E-state index is 4.84. The molecular formula is C25H25N5. The smallest absolute Gasteiger partial charge is 0.159 e. The van der Waals surface area contributed by atoms with Crippen molar-refractivity contribution in [2.24, 2.45) is 0 Å². The lowest BCUT2D eigenvalue weighted by molar-refractivity contribution is 0.242. The van der Waals surface area contributed by atoms with Gasteiger partial charge in [0.15, 0.2) is 5.82 Å². The normalized spacial score (nSPS) is 13.9. The molecule has 0 spiro atoms. The minimum Gasteiger partial charge on any atom is -0.294 e. The van der Waals surface area contributed by atoms with Crippen LogP contribution < -0.4 is 0 Å². The van der Waals surface area contributed by atoms with E-state index in [-0.39, 0.29) is 0 Å². The van der Waals surface area contributed by atoms with Gasteiger partial charge in [-0.25, -0.2) is 14.6 Å². The molecular weight excluding hydrogens is 370 g/mol. The van der Waals surface area contributed by atoms with Gasteiger partial charge in [0, 0.05) is 54.6 Å². The Balaban J connectivity index is 1.33. The van der Waals surface area contributed by atoms with E-state index in [1.165, 1.54) is 28.1 Å². The molecule has 5 rings (SSSR count). The van der Waals surface area contributed by atoms with Crippen molar-refractivity contribution in [2.75, 3.05) is 6.54 Å². The fraction of sp³-hybridized carbons (Fsp3) is 0.240. The second kappa shape index (κ2) is 7.84. The number of hydrogen-bond donors (Lipinski definition) is 0. The maximum Gasteiger partial charge on any atom is 0.159 e. The van der Waals surface area contributed by atoms with E-state index in [4.69, 9.17) is 4.98 Å². The van der Waals surface area contributed by atoms with Crippen LogP contribution in [0.4, 0.5) is 0 Å². The molecule has 150 valence electrons. The molecule has 0 atom stereocenters. The average molecular weight is 396 g/mol. The Hall–Kier alpha value is -3.31. The van der Waals surface area contributed by atoms with Crippen molar-refractivity contribution in [3.05, 3.63) is 95.1 Å². The fourth-order valence-corrected chi connectivity index (χ4v) is 4.12. The molecule has 1 aliphatic rings. The number of aryl methyl sites for hydroxylation is 1. The standard InChI is InChI=1S/C25H25N5/c1-18-8-6-7-11-24(18)30-19(2)21(15-27-30)16-29-13-12-23-22(17-29)14-26-25(28-23)20-9-4-3-5-10-20/h3-11,14-15H,12-13,16-17H2,1-2H3. The Morgan fingerprint density at radius 2 is 1.73 bits per heavy atom. The zero-order valence-electron chi connectivity index (χ0n) is 17.4. The van der Waals surface area contributed by atoms with Crippen LogP contribution >= 0.6 is 0 Å². The molecule has 0 fully saturated rings. The van der Waals surface area contributed by atoms with Crippen molar-refractivity contribution >= 4 is 0 Å². The predicted molar refractivity (Wildman–Crippen MR) is 118 cm³/mol. The summed E-state index contributed by atoms with van der Waals surface area (Å²) in [6.07, 6.45) is 4.95. The van der Waals surface area contributed by atoms with E-state index < -0.39 is 0 Å². The third-order valence-electron chi connectivity index (χ3n) is 5.89. The first kappa shape index (κ1) is 18.7. The molecule has 0 amide bonds. The molecule has 5 nitrogen and oxygen atoms in total. The van der Waals surface area contributed by atoms with E-state index >= 15 is 0 Å². The number of benzene rings is 2. The highest BCUT2D eigenvalue weighted by atomic mass is 15.3.